The second-order valence-corrected chi connectivity index (χ2v) is 11.2. The number of nitrogens with one attached hydrogen (secondary N) is 2. The minimum atomic E-state index is -0.869. The SMILES string of the molecule is Cc1ccc(C(C(=O)NCc2ccccc2)N(C(=O)C(CC(C)C)NC(=O)OC(C)(C)C)C(C)C)cc1. The number of hydrogen-bond acceptors (Lipinski definition) is 4. The van der Waals surface area contributed by atoms with E-state index in [0.717, 1.165) is 11.1 Å². The number of amides is 3. The first kappa shape index (κ1) is 29.9. The van der Waals surface area contributed by atoms with Crippen LogP contribution < -0.4 is 10.6 Å². The second kappa shape index (κ2) is 13.3. The van der Waals surface area contributed by atoms with Crippen molar-refractivity contribution in [3.8, 4) is 0 Å². The molecule has 2 aromatic carbocycles. The van der Waals surface area contributed by atoms with Gasteiger partial charge in [-0.1, -0.05) is 74.0 Å². The third-order valence-corrected chi connectivity index (χ3v) is 5.74. The summed E-state index contributed by atoms with van der Waals surface area (Å²) in [6.07, 6.45) is -0.247. The van der Waals surface area contributed by atoms with Crippen LogP contribution in [0.5, 0.6) is 0 Å². The molecule has 37 heavy (non-hydrogen) atoms. The van der Waals surface area contributed by atoms with Crippen LogP contribution in [-0.2, 0) is 20.9 Å². The number of benzene rings is 2. The van der Waals surface area contributed by atoms with E-state index < -0.39 is 23.8 Å². The quantitative estimate of drug-likeness (QED) is 0.441. The van der Waals surface area contributed by atoms with Gasteiger partial charge < -0.3 is 20.3 Å². The Morgan fingerprint density at radius 1 is 0.919 bits per heavy atom. The summed E-state index contributed by atoms with van der Waals surface area (Å²) >= 11 is 0. The Balaban J connectivity index is 2.43. The van der Waals surface area contributed by atoms with E-state index in [0.29, 0.717) is 18.5 Å². The van der Waals surface area contributed by atoms with Crippen LogP contribution in [0.3, 0.4) is 0 Å². The summed E-state index contributed by atoms with van der Waals surface area (Å²) in [6, 6.07) is 15.2. The fraction of sp³-hybridized carbons (Fsp3) is 0.500. The number of ether oxygens (including phenoxy) is 1. The molecule has 2 N–H and O–H groups in total. The van der Waals surface area contributed by atoms with Crippen LogP contribution in [0.1, 0.15) is 77.6 Å². The molecule has 0 radical (unpaired) electrons. The minimum Gasteiger partial charge on any atom is -0.444 e. The normalized spacial score (nSPS) is 13.1. The van der Waals surface area contributed by atoms with E-state index in [4.69, 9.17) is 4.74 Å². The van der Waals surface area contributed by atoms with Crippen molar-refractivity contribution < 1.29 is 19.1 Å². The maximum Gasteiger partial charge on any atom is 0.408 e. The molecule has 0 bridgehead atoms. The lowest BCUT2D eigenvalue weighted by atomic mass is 9.97. The van der Waals surface area contributed by atoms with E-state index >= 15 is 0 Å². The first-order chi connectivity index (χ1) is 17.3. The van der Waals surface area contributed by atoms with E-state index in [2.05, 4.69) is 10.6 Å². The summed E-state index contributed by atoms with van der Waals surface area (Å²) in [5.74, 6) is -0.479. The van der Waals surface area contributed by atoms with Crippen molar-refractivity contribution >= 4 is 17.9 Å². The highest BCUT2D eigenvalue weighted by Gasteiger charge is 2.38. The molecule has 0 saturated heterocycles. The Hall–Kier alpha value is -3.35. The topological polar surface area (TPSA) is 87.7 Å². The van der Waals surface area contributed by atoms with Crippen molar-refractivity contribution in [3.05, 3.63) is 71.3 Å². The van der Waals surface area contributed by atoms with Crippen LogP contribution >= 0.6 is 0 Å². The fourth-order valence-electron chi connectivity index (χ4n) is 4.07. The molecule has 2 atom stereocenters. The third-order valence-electron chi connectivity index (χ3n) is 5.74. The summed E-state index contributed by atoms with van der Waals surface area (Å²) in [7, 11) is 0. The van der Waals surface area contributed by atoms with Crippen LogP contribution in [0, 0.1) is 12.8 Å². The molecular weight excluding hydrogens is 466 g/mol. The second-order valence-electron chi connectivity index (χ2n) is 11.2. The van der Waals surface area contributed by atoms with Crippen molar-refractivity contribution in [3.63, 3.8) is 0 Å². The number of alkyl carbamates (subject to hydrolysis) is 1. The highest BCUT2D eigenvalue weighted by molar-refractivity contribution is 5.92. The van der Waals surface area contributed by atoms with Crippen LogP contribution in [-0.4, -0.2) is 40.5 Å². The monoisotopic (exact) mass is 509 g/mol. The van der Waals surface area contributed by atoms with Gasteiger partial charge >= 0.3 is 6.09 Å². The molecule has 0 fully saturated rings. The summed E-state index contributed by atoms with van der Waals surface area (Å²) in [4.78, 5) is 42.0. The zero-order chi connectivity index (χ0) is 27.8. The standard InChI is InChI=1S/C30H43N3O4/c1-20(2)18-25(32-29(36)37-30(6,7)8)28(35)33(21(3)4)26(24-16-14-22(5)15-17-24)27(34)31-19-23-12-10-9-11-13-23/h9-17,20-21,25-26H,18-19H2,1-8H3,(H,31,34)(H,32,36). The lowest BCUT2D eigenvalue weighted by Crippen LogP contribution is -2.55. The van der Waals surface area contributed by atoms with Crippen LogP contribution in [0.15, 0.2) is 54.6 Å². The van der Waals surface area contributed by atoms with Gasteiger partial charge in [0.05, 0.1) is 0 Å². The van der Waals surface area contributed by atoms with Gasteiger partial charge in [0.15, 0.2) is 0 Å². The molecule has 0 aliphatic heterocycles. The minimum absolute atomic E-state index is 0.127. The first-order valence-electron chi connectivity index (χ1n) is 13.0. The Labute approximate surface area is 222 Å². The Morgan fingerprint density at radius 2 is 1.51 bits per heavy atom. The highest BCUT2D eigenvalue weighted by atomic mass is 16.6. The maximum atomic E-state index is 14.1. The molecule has 2 rings (SSSR count). The summed E-state index contributed by atoms with van der Waals surface area (Å²) < 4.78 is 5.43. The Kier molecular flexibility index (Phi) is 10.7. The van der Waals surface area contributed by atoms with Crippen LogP contribution in [0.2, 0.25) is 0 Å². The third kappa shape index (κ3) is 9.56. The van der Waals surface area contributed by atoms with Crippen molar-refractivity contribution in [2.45, 2.75) is 92.1 Å². The predicted octanol–water partition coefficient (Wildman–Crippen LogP) is 5.53. The van der Waals surface area contributed by atoms with Crippen molar-refractivity contribution in [1.82, 2.24) is 15.5 Å². The molecule has 0 heterocycles. The van der Waals surface area contributed by atoms with Gasteiger partial charge in [-0.3, -0.25) is 9.59 Å². The summed E-state index contributed by atoms with van der Waals surface area (Å²) in [5.41, 5.74) is 2.03. The Morgan fingerprint density at radius 3 is 2.03 bits per heavy atom. The molecule has 3 amide bonds. The van der Waals surface area contributed by atoms with E-state index in [9.17, 15) is 14.4 Å². The van der Waals surface area contributed by atoms with E-state index in [1.165, 1.54) is 0 Å². The van der Waals surface area contributed by atoms with E-state index in [-0.39, 0.29) is 23.8 Å². The lowest BCUT2D eigenvalue weighted by Gasteiger charge is -2.37. The van der Waals surface area contributed by atoms with Gasteiger partial charge in [0.25, 0.3) is 0 Å². The molecule has 0 aliphatic carbocycles. The molecule has 202 valence electrons. The number of rotatable bonds is 10. The summed E-state index contributed by atoms with van der Waals surface area (Å²) in [5, 5.41) is 5.78. The van der Waals surface area contributed by atoms with E-state index in [1.54, 1.807) is 25.7 Å². The molecular formula is C30H43N3O4. The van der Waals surface area contributed by atoms with Crippen molar-refractivity contribution in [2.75, 3.05) is 0 Å². The van der Waals surface area contributed by atoms with Gasteiger partial charge in [-0.25, -0.2) is 4.79 Å². The molecule has 2 aromatic rings. The fourth-order valence-corrected chi connectivity index (χ4v) is 4.07. The van der Waals surface area contributed by atoms with Gasteiger partial charge in [0, 0.05) is 12.6 Å². The van der Waals surface area contributed by atoms with Gasteiger partial charge in [-0.15, -0.1) is 0 Å². The lowest BCUT2D eigenvalue weighted by molar-refractivity contribution is -0.145. The number of aryl methyl sites for hydroxylation is 1. The predicted molar refractivity (Wildman–Crippen MR) is 147 cm³/mol. The van der Waals surface area contributed by atoms with Crippen molar-refractivity contribution in [2.24, 2.45) is 5.92 Å². The maximum absolute atomic E-state index is 14.1. The molecule has 2 unspecified atom stereocenters. The van der Waals surface area contributed by atoms with Gasteiger partial charge in [-0.05, 0) is 65.0 Å². The molecule has 0 spiro atoms. The summed E-state index contributed by atoms with van der Waals surface area (Å²) in [6.45, 7) is 15.4. The first-order valence-corrected chi connectivity index (χ1v) is 13.0. The molecule has 0 aromatic heterocycles. The highest BCUT2D eigenvalue weighted by Crippen LogP contribution is 2.26. The Bertz CT molecular complexity index is 1030. The molecule has 7 nitrogen and oxygen atoms in total. The largest absolute Gasteiger partial charge is 0.444 e. The molecule has 0 saturated carbocycles. The number of hydrogen-bond donors (Lipinski definition) is 2. The zero-order valence-corrected chi connectivity index (χ0v) is 23.5. The van der Waals surface area contributed by atoms with E-state index in [1.807, 2.05) is 89.2 Å². The molecule has 7 heteroatoms. The van der Waals surface area contributed by atoms with Gasteiger partial charge in [0.1, 0.15) is 17.7 Å². The zero-order valence-electron chi connectivity index (χ0n) is 23.5. The smallest absolute Gasteiger partial charge is 0.408 e. The van der Waals surface area contributed by atoms with Crippen LogP contribution in [0.25, 0.3) is 0 Å². The number of carbonyl (C=O) groups excluding carboxylic acids is 3. The molecule has 0 aliphatic rings. The van der Waals surface area contributed by atoms with Gasteiger partial charge in [0.2, 0.25) is 11.8 Å². The van der Waals surface area contributed by atoms with Gasteiger partial charge in [-0.2, -0.15) is 0 Å². The van der Waals surface area contributed by atoms with Crippen LogP contribution in [0.4, 0.5) is 4.79 Å². The average Bonchev–Trinajstić information content (AvgIpc) is 2.80. The number of nitrogens with zero attached hydrogens (tertiary/aromatic N) is 1. The average molecular weight is 510 g/mol. The van der Waals surface area contributed by atoms with Crippen molar-refractivity contribution in [1.29, 1.82) is 0 Å². The number of carbonyl (C=O) groups is 3.